The molecule has 0 radical (unpaired) electrons. The highest BCUT2D eigenvalue weighted by Crippen LogP contribution is 2.20. The molecular formula is C24H31N5O4S. The summed E-state index contributed by atoms with van der Waals surface area (Å²) in [5.74, 6) is -0.255. The molecule has 0 saturated carbocycles. The van der Waals surface area contributed by atoms with Crippen LogP contribution in [-0.4, -0.2) is 31.0 Å². The molecule has 0 saturated heterocycles. The summed E-state index contributed by atoms with van der Waals surface area (Å²) >= 11 is 0. The van der Waals surface area contributed by atoms with Gasteiger partial charge in [-0.2, -0.15) is 0 Å². The second-order valence-electron chi connectivity index (χ2n) is 8.10. The molecule has 10 heteroatoms. The monoisotopic (exact) mass is 485 g/mol. The van der Waals surface area contributed by atoms with Crippen LogP contribution in [0.5, 0.6) is 0 Å². The minimum atomic E-state index is -3.88. The van der Waals surface area contributed by atoms with Crippen molar-refractivity contribution in [3.05, 3.63) is 71.2 Å². The number of benzene rings is 1. The Kier molecular flexibility index (Phi) is 9.17. The lowest BCUT2D eigenvalue weighted by Crippen LogP contribution is -2.24. The quantitative estimate of drug-likeness (QED) is 0.297. The van der Waals surface area contributed by atoms with Gasteiger partial charge < -0.3 is 15.6 Å². The van der Waals surface area contributed by atoms with E-state index in [2.05, 4.69) is 44.4 Å². The van der Waals surface area contributed by atoms with Gasteiger partial charge in [-0.05, 0) is 43.9 Å². The van der Waals surface area contributed by atoms with Crippen LogP contribution in [0.2, 0.25) is 0 Å². The molecule has 0 aliphatic heterocycles. The minimum Gasteiger partial charge on any atom is -0.369 e. The van der Waals surface area contributed by atoms with Crippen LogP contribution in [0.3, 0.4) is 0 Å². The Bertz CT molecular complexity index is 1180. The van der Waals surface area contributed by atoms with Crippen LogP contribution in [0.15, 0.2) is 57.9 Å². The van der Waals surface area contributed by atoms with Gasteiger partial charge >= 0.3 is 0 Å². The maximum Gasteiger partial charge on any atom is 0.270 e. The summed E-state index contributed by atoms with van der Waals surface area (Å²) in [5, 5.41) is 6.67. The first-order valence-corrected chi connectivity index (χ1v) is 12.8. The molecule has 2 heterocycles. The van der Waals surface area contributed by atoms with Crippen molar-refractivity contribution in [3.63, 3.8) is 0 Å². The number of nitrogens with one attached hydrogen (secondary N) is 2. The Morgan fingerprint density at radius 3 is 2.50 bits per heavy atom. The molecule has 9 nitrogen and oxygen atoms in total. The number of anilines is 1. The normalized spacial score (nSPS) is 11.4. The lowest BCUT2D eigenvalue weighted by atomic mass is 10.1. The number of sulfonamides is 1. The van der Waals surface area contributed by atoms with Crippen molar-refractivity contribution in [2.24, 2.45) is 5.73 Å². The lowest BCUT2D eigenvalue weighted by molar-refractivity contribution is 0.0991. The molecule has 34 heavy (non-hydrogen) atoms. The Morgan fingerprint density at radius 1 is 1.03 bits per heavy atom. The largest absolute Gasteiger partial charge is 0.369 e. The van der Waals surface area contributed by atoms with Crippen molar-refractivity contribution in [1.82, 2.24) is 14.9 Å². The van der Waals surface area contributed by atoms with E-state index in [0.717, 1.165) is 32.1 Å². The van der Waals surface area contributed by atoms with Gasteiger partial charge in [0.1, 0.15) is 10.7 Å². The Morgan fingerprint density at radius 2 is 1.76 bits per heavy atom. The Labute approximate surface area is 200 Å². The molecule has 0 bridgehead atoms. The number of aromatic nitrogens is 2. The van der Waals surface area contributed by atoms with Crippen molar-refractivity contribution < 1.29 is 17.7 Å². The zero-order valence-electron chi connectivity index (χ0n) is 19.3. The molecule has 3 rings (SSSR count). The first-order valence-electron chi connectivity index (χ1n) is 11.4. The second kappa shape index (κ2) is 12.3. The Balaban J connectivity index is 1.46. The van der Waals surface area contributed by atoms with Gasteiger partial charge in [0, 0.05) is 18.3 Å². The molecule has 1 amide bonds. The van der Waals surface area contributed by atoms with Crippen LogP contribution in [0.4, 0.5) is 5.82 Å². The van der Waals surface area contributed by atoms with E-state index in [9.17, 15) is 13.2 Å². The summed E-state index contributed by atoms with van der Waals surface area (Å²) in [6, 6.07) is 14.9. The Hall–Kier alpha value is -3.24. The number of nitrogens with zero attached hydrogens (tertiary/aromatic N) is 2. The standard InChI is InChI=1S/C24H31N5O4S/c1-18-13-14-22(34(31,32)27-17-20-16-21(23(25)30)29-33-20)24(28-18)26-15-9-4-2-3-6-10-19-11-7-5-8-12-19/h5,7-8,11-14,16,27H,2-4,6,9-10,15,17H2,1H3,(H2,25,30)(H,26,28). The molecule has 1 aromatic carbocycles. The van der Waals surface area contributed by atoms with Gasteiger partial charge in [-0.25, -0.2) is 18.1 Å². The van der Waals surface area contributed by atoms with E-state index in [-0.39, 0.29) is 22.9 Å². The number of nitrogens with two attached hydrogens (primary N) is 1. The van der Waals surface area contributed by atoms with E-state index >= 15 is 0 Å². The van der Waals surface area contributed by atoms with Gasteiger partial charge in [-0.1, -0.05) is 54.8 Å². The highest BCUT2D eigenvalue weighted by atomic mass is 32.2. The molecule has 0 spiro atoms. The molecule has 0 fully saturated rings. The summed E-state index contributed by atoms with van der Waals surface area (Å²) in [5.41, 5.74) is 7.15. The molecule has 4 N–H and O–H groups in total. The highest BCUT2D eigenvalue weighted by molar-refractivity contribution is 7.89. The third-order valence-electron chi connectivity index (χ3n) is 5.31. The van der Waals surface area contributed by atoms with Gasteiger partial charge in [-0.15, -0.1) is 0 Å². The van der Waals surface area contributed by atoms with Gasteiger partial charge in [0.25, 0.3) is 5.91 Å². The number of pyridine rings is 1. The van der Waals surface area contributed by atoms with Gasteiger partial charge in [0.05, 0.1) is 6.54 Å². The van der Waals surface area contributed by atoms with E-state index in [1.807, 2.05) is 13.0 Å². The van der Waals surface area contributed by atoms with Gasteiger partial charge in [-0.3, -0.25) is 4.79 Å². The van der Waals surface area contributed by atoms with E-state index < -0.39 is 15.9 Å². The molecule has 0 unspecified atom stereocenters. The SMILES string of the molecule is Cc1ccc(S(=O)(=O)NCc2cc(C(N)=O)no2)c(NCCCCCCCc2ccccc2)n1. The number of hydrogen-bond donors (Lipinski definition) is 3. The summed E-state index contributed by atoms with van der Waals surface area (Å²) in [7, 11) is -3.88. The third-order valence-corrected chi connectivity index (χ3v) is 6.75. The average molecular weight is 486 g/mol. The zero-order valence-corrected chi connectivity index (χ0v) is 20.1. The maximum atomic E-state index is 12.9. The van der Waals surface area contributed by atoms with Gasteiger partial charge in [0.15, 0.2) is 11.5 Å². The smallest absolute Gasteiger partial charge is 0.270 e. The fraction of sp³-hybridized carbons (Fsp3) is 0.375. The van der Waals surface area contributed by atoms with Crippen LogP contribution < -0.4 is 15.8 Å². The third kappa shape index (κ3) is 7.67. The number of aryl methyl sites for hydroxylation is 2. The molecule has 0 atom stereocenters. The van der Waals surface area contributed by atoms with Crippen LogP contribution in [-0.2, 0) is 23.0 Å². The molecule has 2 aromatic heterocycles. The van der Waals surface area contributed by atoms with E-state index in [1.54, 1.807) is 6.07 Å². The van der Waals surface area contributed by atoms with Gasteiger partial charge in [0.2, 0.25) is 10.0 Å². The molecule has 3 aromatic rings. The number of amides is 1. The summed E-state index contributed by atoms with van der Waals surface area (Å²) < 4.78 is 33.1. The topological polar surface area (TPSA) is 140 Å². The number of hydrogen-bond acceptors (Lipinski definition) is 7. The number of rotatable bonds is 14. The van der Waals surface area contributed by atoms with Crippen LogP contribution in [0, 0.1) is 6.92 Å². The predicted molar refractivity (Wildman–Crippen MR) is 130 cm³/mol. The number of carbonyl (C=O) groups excluding carboxylic acids is 1. The first kappa shape index (κ1) is 25.4. The molecule has 182 valence electrons. The van der Waals surface area contributed by atoms with Crippen molar-refractivity contribution in [2.75, 3.05) is 11.9 Å². The predicted octanol–water partition coefficient (Wildman–Crippen LogP) is 3.56. The lowest BCUT2D eigenvalue weighted by Gasteiger charge is -2.13. The van der Waals surface area contributed by atoms with E-state index in [1.165, 1.54) is 24.1 Å². The van der Waals surface area contributed by atoms with Crippen molar-refractivity contribution in [1.29, 1.82) is 0 Å². The molecule has 0 aliphatic rings. The number of unbranched alkanes of at least 4 members (excludes halogenated alkanes) is 4. The zero-order chi connectivity index (χ0) is 24.4. The van der Waals surface area contributed by atoms with Crippen molar-refractivity contribution in [2.45, 2.75) is 56.9 Å². The molecule has 0 aliphatic carbocycles. The fourth-order valence-corrected chi connectivity index (χ4v) is 4.59. The summed E-state index contributed by atoms with van der Waals surface area (Å²) in [4.78, 5) is 15.5. The molecular weight excluding hydrogens is 454 g/mol. The van der Waals surface area contributed by atoms with Crippen molar-refractivity contribution >= 4 is 21.7 Å². The summed E-state index contributed by atoms with van der Waals surface area (Å²) in [6.45, 7) is 2.27. The van der Waals surface area contributed by atoms with Crippen LogP contribution in [0.1, 0.15) is 59.6 Å². The average Bonchev–Trinajstić information content (AvgIpc) is 3.30. The summed E-state index contributed by atoms with van der Waals surface area (Å²) in [6.07, 6.45) is 6.53. The minimum absolute atomic E-state index is 0.0515. The first-order chi connectivity index (χ1) is 16.3. The van der Waals surface area contributed by atoms with Crippen LogP contribution >= 0.6 is 0 Å². The maximum absolute atomic E-state index is 12.9. The number of carbonyl (C=O) groups is 1. The highest BCUT2D eigenvalue weighted by Gasteiger charge is 2.21. The number of primary amides is 1. The van der Waals surface area contributed by atoms with Crippen molar-refractivity contribution in [3.8, 4) is 0 Å². The van der Waals surface area contributed by atoms with E-state index in [4.69, 9.17) is 10.3 Å². The van der Waals surface area contributed by atoms with E-state index in [0.29, 0.717) is 18.1 Å². The second-order valence-corrected chi connectivity index (χ2v) is 9.83. The fourth-order valence-electron chi connectivity index (χ4n) is 3.48. The van der Waals surface area contributed by atoms with Crippen LogP contribution in [0.25, 0.3) is 0 Å².